The zero-order chi connectivity index (χ0) is 43.3. The number of hydrogen-bond donors (Lipinski definition) is 4. The Hall–Kier alpha value is -2.05. The molecule has 0 aromatic carbocycles. The Labute approximate surface area is 355 Å². The standard InChI is InChI=1S/C46H70O14/c1-23(2)40-26(5)15-16-45(60-40)21-32-18-31(59-45)14-13-25(4)41(57-37-20-35(52-9)42(29(8)55-37)58-36-19-34(47)39(49)28(7)54-36)24(3)11-10-12-30-22-53-43-38(48)27(6)17-33(44(50)56-32)46(30,43)51/h10-13,17,23-24,26,28-29,31-43,47-49,51H,14-16,18-22H2,1-9H3/b11-10+,25-13+,30-12+/t24-,26-,28-,29-,31+,32-,33-,34-,35-,36-,37-,38+,39-,40+,41-,42-,43+,45+,46+/m0/s1. The average molecular weight is 847 g/mol. The maximum absolute atomic E-state index is 14.3. The zero-order valence-corrected chi connectivity index (χ0v) is 36.8. The number of esters is 1. The number of rotatable bonds is 6. The van der Waals surface area contributed by atoms with Crippen LogP contribution in [0.2, 0.25) is 0 Å². The lowest BCUT2D eigenvalue weighted by Gasteiger charge is -2.50. The predicted octanol–water partition coefficient (Wildman–Crippen LogP) is 4.56. The zero-order valence-electron chi connectivity index (χ0n) is 36.8. The molecule has 338 valence electrons. The summed E-state index contributed by atoms with van der Waals surface area (Å²) in [5.41, 5.74) is 0.148. The number of hydrogen-bond acceptors (Lipinski definition) is 14. The molecule has 2 bridgehead atoms. The van der Waals surface area contributed by atoms with Crippen LogP contribution in [0, 0.1) is 23.7 Å². The van der Waals surface area contributed by atoms with Crippen LogP contribution < -0.4 is 0 Å². The van der Waals surface area contributed by atoms with Gasteiger partial charge in [0, 0.05) is 45.1 Å². The molecule has 0 saturated carbocycles. The number of methoxy groups -OCH3 is 1. The molecule has 0 unspecified atom stereocenters. The average Bonchev–Trinajstić information content (AvgIpc) is 3.54. The van der Waals surface area contributed by atoms with Crippen LogP contribution in [-0.2, 0) is 47.4 Å². The van der Waals surface area contributed by atoms with Crippen molar-refractivity contribution in [3.63, 3.8) is 0 Å². The first-order valence-electron chi connectivity index (χ1n) is 22.2. The Morgan fingerprint density at radius 3 is 2.37 bits per heavy atom. The van der Waals surface area contributed by atoms with Crippen LogP contribution in [0.4, 0.5) is 0 Å². The van der Waals surface area contributed by atoms with Gasteiger partial charge in [-0.2, -0.15) is 0 Å². The van der Waals surface area contributed by atoms with E-state index in [1.54, 1.807) is 33.1 Å². The van der Waals surface area contributed by atoms with Gasteiger partial charge in [-0.15, -0.1) is 0 Å². The lowest BCUT2D eigenvalue weighted by molar-refractivity contribution is -0.340. The van der Waals surface area contributed by atoms with E-state index in [1.807, 2.05) is 26.0 Å². The summed E-state index contributed by atoms with van der Waals surface area (Å²) in [6, 6.07) is 0. The van der Waals surface area contributed by atoms with E-state index in [4.69, 9.17) is 42.6 Å². The van der Waals surface area contributed by atoms with Crippen LogP contribution in [0.1, 0.15) is 100 Å². The molecule has 0 radical (unpaired) electrons. The topological polar surface area (TPSA) is 181 Å². The van der Waals surface area contributed by atoms with Gasteiger partial charge in [-0.25, -0.2) is 0 Å². The summed E-state index contributed by atoms with van der Waals surface area (Å²) in [5, 5.41) is 44.2. The lowest BCUT2D eigenvalue weighted by atomic mass is 9.71. The monoisotopic (exact) mass is 846 g/mol. The molecule has 14 nitrogen and oxygen atoms in total. The Morgan fingerprint density at radius 1 is 0.917 bits per heavy atom. The molecule has 7 rings (SSSR count). The summed E-state index contributed by atoms with van der Waals surface area (Å²) in [5.74, 6) is -2.20. The van der Waals surface area contributed by atoms with Crippen LogP contribution in [0.5, 0.6) is 0 Å². The second-order valence-electron chi connectivity index (χ2n) is 19.0. The third-order valence-electron chi connectivity index (χ3n) is 14.1. The van der Waals surface area contributed by atoms with E-state index in [2.05, 4.69) is 33.8 Å². The van der Waals surface area contributed by atoms with Crippen molar-refractivity contribution >= 4 is 5.97 Å². The lowest BCUT2D eigenvalue weighted by Crippen LogP contribution is -2.58. The molecule has 7 aliphatic rings. The number of aliphatic hydroxyl groups is 4. The molecular formula is C46H70O14. The number of carbonyl (C=O) groups is 1. The van der Waals surface area contributed by atoms with Crippen molar-refractivity contribution in [1.29, 1.82) is 0 Å². The van der Waals surface area contributed by atoms with Crippen molar-refractivity contribution in [2.24, 2.45) is 23.7 Å². The molecule has 60 heavy (non-hydrogen) atoms. The first-order chi connectivity index (χ1) is 28.4. The normalized spacial score (nSPS) is 50.2. The summed E-state index contributed by atoms with van der Waals surface area (Å²) in [6.07, 6.45) is 3.89. The summed E-state index contributed by atoms with van der Waals surface area (Å²) in [4.78, 5) is 14.3. The van der Waals surface area contributed by atoms with E-state index in [9.17, 15) is 25.2 Å². The van der Waals surface area contributed by atoms with Gasteiger partial charge in [0.2, 0.25) is 0 Å². The number of fused-ring (bicyclic) bond motifs is 2. The molecule has 6 heterocycles. The van der Waals surface area contributed by atoms with E-state index in [-0.39, 0.29) is 37.1 Å². The number of aliphatic hydroxyl groups excluding tert-OH is 3. The number of allylic oxidation sites excluding steroid dienone is 2. The highest BCUT2D eigenvalue weighted by molar-refractivity contribution is 5.78. The van der Waals surface area contributed by atoms with E-state index in [0.29, 0.717) is 49.2 Å². The Kier molecular flexibility index (Phi) is 14.2. The summed E-state index contributed by atoms with van der Waals surface area (Å²) < 4.78 is 57.7. The van der Waals surface area contributed by atoms with Gasteiger partial charge in [-0.05, 0) is 69.1 Å². The molecule has 5 fully saturated rings. The minimum atomic E-state index is -1.83. The molecule has 0 amide bonds. The smallest absolute Gasteiger partial charge is 0.316 e. The van der Waals surface area contributed by atoms with Gasteiger partial charge >= 0.3 is 5.97 Å². The molecule has 0 aromatic heterocycles. The predicted molar refractivity (Wildman–Crippen MR) is 218 cm³/mol. The highest BCUT2D eigenvalue weighted by atomic mass is 16.7. The molecular weight excluding hydrogens is 776 g/mol. The maximum Gasteiger partial charge on any atom is 0.316 e. The van der Waals surface area contributed by atoms with E-state index < -0.39 is 96.9 Å². The van der Waals surface area contributed by atoms with Crippen LogP contribution in [0.25, 0.3) is 0 Å². The van der Waals surface area contributed by atoms with Gasteiger partial charge in [0.1, 0.15) is 42.0 Å². The van der Waals surface area contributed by atoms with E-state index >= 15 is 0 Å². The molecule has 4 N–H and O–H groups in total. The van der Waals surface area contributed by atoms with Crippen LogP contribution in [-0.4, -0.2) is 137 Å². The molecule has 1 aliphatic carbocycles. The molecule has 19 atom stereocenters. The fourth-order valence-corrected chi connectivity index (χ4v) is 10.6. The number of ether oxygens (including phenoxy) is 9. The van der Waals surface area contributed by atoms with Crippen LogP contribution in [0.3, 0.4) is 0 Å². The van der Waals surface area contributed by atoms with E-state index in [1.165, 1.54) is 0 Å². The maximum atomic E-state index is 14.3. The number of carbonyl (C=O) groups excluding carboxylic acids is 1. The van der Waals surface area contributed by atoms with Crippen molar-refractivity contribution in [1.82, 2.24) is 0 Å². The van der Waals surface area contributed by atoms with Crippen molar-refractivity contribution in [2.75, 3.05) is 13.7 Å². The highest BCUT2D eigenvalue weighted by Gasteiger charge is 2.60. The van der Waals surface area contributed by atoms with Gasteiger partial charge in [-0.1, -0.05) is 58.1 Å². The highest BCUT2D eigenvalue weighted by Crippen LogP contribution is 2.48. The van der Waals surface area contributed by atoms with Gasteiger partial charge in [-0.3, -0.25) is 4.79 Å². The third-order valence-corrected chi connectivity index (χ3v) is 14.1. The SMILES string of the molecule is CO[C@H]1C[C@H](O[C@@H]2/C(C)=C/C[C@@H]3C[C@@H](C[C@]4(CC[C@H](C)[C@@H](C(C)C)O4)O3)OC(=O)[C@@H]3C=C(C)[C@@H](O)[C@H]4OC/C(=C\C=C\[C@@H]2C)[C@]43O)O[C@@H](C)[C@@H]1O[C@H]1C[C@H](O)[C@@H](O)[C@H](C)O1. The summed E-state index contributed by atoms with van der Waals surface area (Å²) >= 11 is 0. The molecule has 14 heteroatoms. The quantitative estimate of drug-likeness (QED) is 0.216. The Bertz CT molecular complexity index is 1630. The third kappa shape index (κ3) is 9.28. The van der Waals surface area contributed by atoms with Crippen molar-refractivity contribution in [3.05, 3.63) is 47.1 Å². The minimum Gasteiger partial charge on any atom is -0.462 e. The van der Waals surface area contributed by atoms with Gasteiger partial charge in [0.05, 0.1) is 49.3 Å². The first-order valence-corrected chi connectivity index (χ1v) is 22.2. The molecule has 1 spiro atoms. The Balaban J connectivity index is 1.18. The fraction of sp³-hybridized carbons (Fsp3) is 0.804. The summed E-state index contributed by atoms with van der Waals surface area (Å²) in [6.45, 7) is 16.0. The first kappa shape index (κ1) is 46.0. The fourth-order valence-electron chi connectivity index (χ4n) is 10.6. The second kappa shape index (κ2) is 18.6. The van der Waals surface area contributed by atoms with Crippen LogP contribution >= 0.6 is 0 Å². The van der Waals surface area contributed by atoms with Gasteiger partial charge in [0.15, 0.2) is 18.4 Å². The minimum absolute atomic E-state index is 0.0262. The Morgan fingerprint density at radius 2 is 1.65 bits per heavy atom. The van der Waals surface area contributed by atoms with Crippen molar-refractivity contribution < 1.29 is 67.9 Å². The molecule has 6 aliphatic heterocycles. The summed E-state index contributed by atoms with van der Waals surface area (Å²) in [7, 11) is 1.62. The van der Waals surface area contributed by atoms with Crippen molar-refractivity contribution in [2.45, 2.75) is 198 Å². The van der Waals surface area contributed by atoms with Crippen molar-refractivity contribution in [3.8, 4) is 0 Å². The largest absolute Gasteiger partial charge is 0.462 e. The molecule has 0 aromatic rings. The van der Waals surface area contributed by atoms with E-state index in [0.717, 1.165) is 12.0 Å². The van der Waals surface area contributed by atoms with Gasteiger partial charge < -0.3 is 63.1 Å². The second-order valence-corrected chi connectivity index (χ2v) is 19.0. The molecule has 5 saturated heterocycles. The van der Waals surface area contributed by atoms with Gasteiger partial charge in [0.25, 0.3) is 0 Å². The van der Waals surface area contributed by atoms with Crippen LogP contribution in [0.15, 0.2) is 47.1 Å².